The van der Waals surface area contributed by atoms with E-state index in [1.165, 1.54) is 5.56 Å². The predicted octanol–water partition coefficient (Wildman–Crippen LogP) is 3.40. The van der Waals surface area contributed by atoms with Crippen LogP contribution in [-0.2, 0) is 6.54 Å². The molecule has 2 unspecified atom stereocenters. The van der Waals surface area contributed by atoms with Gasteiger partial charge in [-0.05, 0) is 42.0 Å². The third-order valence-electron chi connectivity index (χ3n) is 4.39. The first-order valence-corrected chi connectivity index (χ1v) is 8.00. The van der Waals surface area contributed by atoms with E-state index in [0.717, 1.165) is 37.4 Å². The molecule has 1 N–H and O–H groups in total. The standard InChI is InChI=1S/C18H27N3/c1-13(2)9-20-10-16-5-6-18(17(7-16)8-19)21-11-14(3)15(4)12-21/h5-7,13-15,20H,9-12H2,1-4H3. The molecule has 0 spiro atoms. The van der Waals surface area contributed by atoms with Gasteiger partial charge in [-0.1, -0.05) is 33.8 Å². The van der Waals surface area contributed by atoms with Crippen molar-refractivity contribution in [2.24, 2.45) is 17.8 Å². The van der Waals surface area contributed by atoms with Gasteiger partial charge in [-0.2, -0.15) is 5.26 Å². The molecule has 1 aromatic carbocycles. The summed E-state index contributed by atoms with van der Waals surface area (Å²) in [5.41, 5.74) is 3.10. The van der Waals surface area contributed by atoms with Crippen LogP contribution in [0.25, 0.3) is 0 Å². The molecular weight excluding hydrogens is 258 g/mol. The van der Waals surface area contributed by atoms with Gasteiger partial charge in [0, 0.05) is 19.6 Å². The van der Waals surface area contributed by atoms with Crippen LogP contribution in [0.1, 0.15) is 38.8 Å². The second kappa shape index (κ2) is 6.95. The summed E-state index contributed by atoms with van der Waals surface area (Å²) in [4.78, 5) is 2.36. The lowest BCUT2D eigenvalue weighted by atomic mass is 10.0. The van der Waals surface area contributed by atoms with Crippen molar-refractivity contribution in [2.75, 3.05) is 24.5 Å². The second-order valence-electron chi connectivity index (χ2n) is 6.85. The summed E-state index contributed by atoms with van der Waals surface area (Å²) in [6.07, 6.45) is 0. The van der Waals surface area contributed by atoms with Crippen molar-refractivity contribution in [3.05, 3.63) is 29.3 Å². The monoisotopic (exact) mass is 285 g/mol. The molecule has 21 heavy (non-hydrogen) atoms. The fourth-order valence-electron chi connectivity index (χ4n) is 2.89. The Morgan fingerprint density at radius 2 is 1.95 bits per heavy atom. The van der Waals surface area contributed by atoms with E-state index < -0.39 is 0 Å². The molecule has 0 aliphatic carbocycles. The molecule has 0 aromatic heterocycles. The summed E-state index contributed by atoms with van der Waals surface area (Å²) in [7, 11) is 0. The van der Waals surface area contributed by atoms with Crippen molar-refractivity contribution in [2.45, 2.75) is 34.2 Å². The molecule has 0 bridgehead atoms. The topological polar surface area (TPSA) is 39.1 Å². The lowest BCUT2D eigenvalue weighted by molar-refractivity contribution is 0.494. The molecule has 1 heterocycles. The molecule has 1 aliphatic heterocycles. The summed E-state index contributed by atoms with van der Waals surface area (Å²) in [6.45, 7) is 12.9. The number of rotatable bonds is 5. The molecule has 1 fully saturated rings. The largest absolute Gasteiger partial charge is 0.370 e. The third-order valence-corrected chi connectivity index (χ3v) is 4.39. The lowest BCUT2D eigenvalue weighted by Gasteiger charge is -2.20. The van der Waals surface area contributed by atoms with Crippen molar-refractivity contribution in [1.29, 1.82) is 5.26 Å². The summed E-state index contributed by atoms with van der Waals surface area (Å²) in [6, 6.07) is 8.68. The minimum atomic E-state index is 0.646. The van der Waals surface area contributed by atoms with Crippen LogP contribution in [0.2, 0.25) is 0 Å². The Kier molecular flexibility index (Phi) is 5.25. The maximum atomic E-state index is 9.45. The first-order chi connectivity index (χ1) is 10.0. The van der Waals surface area contributed by atoms with Gasteiger partial charge >= 0.3 is 0 Å². The van der Waals surface area contributed by atoms with E-state index in [1.807, 2.05) is 6.07 Å². The van der Waals surface area contributed by atoms with Crippen LogP contribution in [0.15, 0.2) is 18.2 Å². The molecule has 1 aromatic rings. The van der Waals surface area contributed by atoms with Crippen molar-refractivity contribution < 1.29 is 0 Å². The SMILES string of the molecule is CC(C)CNCc1ccc(N2CC(C)C(C)C2)c(C#N)c1. The molecule has 1 aliphatic rings. The van der Waals surface area contributed by atoms with Gasteiger partial charge in [0.05, 0.1) is 11.3 Å². The maximum Gasteiger partial charge on any atom is 0.101 e. The quantitative estimate of drug-likeness (QED) is 0.901. The van der Waals surface area contributed by atoms with Crippen LogP contribution >= 0.6 is 0 Å². The first kappa shape index (κ1) is 15.9. The molecular formula is C18H27N3. The Morgan fingerprint density at radius 1 is 1.29 bits per heavy atom. The maximum absolute atomic E-state index is 9.45. The van der Waals surface area contributed by atoms with Crippen molar-refractivity contribution >= 4 is 5.69 Å². The van der Waals surface area contributed by atoms with E-state index in [4.69, 9.17) is 0 Å². The summed E-state index contributed by atoms with van der Waals surface area (Å²) >= 11 is 0. The molecule has 2 rings (SSSR count). The Labute approximate surface area is 129 Å². The van der Waals surface area contributed by atoms with Gasteiger partial charge in [-0.25, -0.2) is 0 Å². The average Bonchev–Trinajstić information content (AvgIpc) is 2.78. The van der Waals surface area contributed by atoms with Crippen molar-refractivity contribution in [3.8, 4) is 6.07 Å². The fraction of sp³-hybridized carbons (Fsp3) is 0.611. The van der Waals surface area contributed by atoms with Crippen LogP contribution in [0.3, 0.4) is 0 Å². The van der Waals surface area contributed by atoms with Crippen molar-refractivity contribution in [1.82, 2.24) is 5.32 Å². The van der Waals surface area contributed by atoms with Gasteiger partial charge in [0.1, 0.15) is 6.07 Å². The summed E-state index contributed by atoms with van der Waals surface area (Å²) in [5.74, 6) is 2.04. The van der Waals surface area contributed by atoms with Gasteiger partial charge < -0.3 is 10.2 Å². The highest BCUT2D eigenvalue weighted by Crippen LogP contribution is 2.30. The molecule has 1 saturated heterocycles. The summed E-state index contributed by atoms with van der Waals surface area (Å²) in [5, 5.41) is 12.9. The Balaban J connectivity index is 2.09. The lowest BCUT2D eigenvalue weighted by Crippen LogP contribution is -2.21. The molecule has 3 nitrogen and oxygen atoms in total. The highest BCUT2D eigenvalue weighted by Gasteiger charge is 2.27. The minimum Gasteiger partial charge on any atom is -0.370 e. The number of nitrogens with one attached hydrogen (secondary N) is 1. The summed E-state index contributed by atoms with van der Waals surface area (Å²) < 4.78 is 0. The van der Waals surface area contributed by atoms with Crippen LogP contribution in [-0.4, -0.2) is 19.6 Å². The fourth-order valence-corrected chi connectivity index (χ4v) is 2.89. The number of hydrogen-bond acceptors (Lipinski definition) is 3. The normalized spacial score (nSPS) is 21.8. The Bertz CT molecular complexity index is 506. The van der Waals surface area contributed by atoms with Gasteiger partial charge in [-0.3, -0.25) is 0 Å². The number of nitriles is 1. The zero-order chi connectivity index (χ0) is 15.4. The first-order valence-electron chi connectivity index (χ1n) is 8.00. The van der Waals surface area contributed by atoms with Gasteiger partial charge in [-0.15, -0.1) is 0 Å². The Hall–Kier alpha value is -1.53. The van der Waals surface area contributed by atoms with Crippen LogP contribution in [0.4, 0.5) is 5.69 Å². The third kappa shape index (κ3) is 3.98. The second-order valence-corrected chi connectivity index (χ2v) is 6.85. The predicted molar refractivity (Wildman–Crippen MR) is 88.2 cm³/mol. The highest BCUT2D eigenvalue weighted by molar-refractivity contribution is 5.61. The number of hydrogen-bond donors (Lipinski definition) is 1. The van der Waals surface area contributed by atoms with Crippen LogP contribution < -0.4 is 10.2 Å². The molecule has 0 saturated carbocycles. The van der Waals surface area contributed by atoms with Gasteiger partial charge in [0.15, 0.2) is 0 Å². The van der Waals surface area contributed by atoms with Gasteiger partial charge in [0.25, 0.3) is 0 Å². The number of anilines is 1. The molecule has 114 valence electrons. The van der Waals surface area contributed by atoms with E-state index in [2.05, 4.69) is 56.1 Å². The molecule has 3 heteroatoms. The van der Waals surface area contributed by atoms with Crippen LogP contribution in [0.5, 0.6) is 0 Å². The molecule has 0 radical (unpaired) electrons. The van der Waals surface area contributed by atoms with E-state index in [-0.39, 0.29) is 0 Å². The molecule has 0 amide bonds. The van der Waals surface area contributed by atoms with E-state index in [9.17, 15) is 5.26 Å². The van der Waals surface area contributed by atoms with Gasteiger partial charge in [0.2, 0.25) is 0 Å². The average molecular weight is 285 g/mol. The highest BCUT2D eigenvalue weighted by atomic mass is 15.2. The van der Waals surface area contributed by atoms with Crippen molar-refractivity contribution in [3.63, 3.8) is 0 Å². The van der Waals surface area contributed by atoms with E-state index >= 15 is 0 Å². The zero-order valence-electron chi connectivity index (χ0n) is 13.7. The zero-order valence-corrected chi connectivity index (χ0v) is 13.7. The van der Waals surface area contributed by atoms with E-state index in [0.29, 0.717) is 17.8 Å². The Morgan fingerprint density at radius 3 is 2.52 bits per heavy atom. The van der Waals surface area contributed by atoms with Crippen LogP contribution in [0, 0.1) is 29.1 Å². The number of nitrogens with zero attached hydrogens (tertiary/aromatic N) is 2. The van der Waals surface area contributed by atoms with E-state index in [1.54, 1.807) is 0 Å². The minimum absolute atomic E-state index is 0.646. The molecule has 2 atom stereocenters. The smallest absolute Gasteiger partial charge is 0.101 e. The number of benzene rings is 1.